The molecule has 2 unspecified atom stereocenters. The number of nitrogens with one attached hydrogen (secondary N) is 1. The van der Waals surface area contributed by atoms with Crippen LogP contribution in [0.25, 0.3) is 0 Å². The average Bonchev–Trinajstić information content (AvgIpc) is 2.36. The van der Waals surface area contributed by atoms with Crippen LogP contribution in [0.1, 0.15) is 52.4 Å². The summed E-state index contributed by atoms with van der Waals surface area (Å²) in [6.07, 6.45) is 10.2. The van der Waals surface area contributed by atoms with Crippen molar-refractivity contribution in [3.05, 3.63) is 11.6 Å². The first-order valence-corrected chi connectivity index (χ1v) is 7.19. The summed E-state index contributed by atoms with van der Waals surface area (Å²) in [4.78, 5) is 0. The van der Waals surface area contributed by atoms with Gasteiger partial charge in [0.2, 0.25) is 0 Å². The molecule has 100 valence electrons. The highest BCUT2D eigenvalue weighted by Gasteiger charge is 2.18. The first-order valence-electron chi connectivity index (χ1n) is 7.19. The van der Waals surface area contributed by atoms with Gasteiger partial charge in [-0.3, -0.25) is 0 Å². The smallest absolute Gasteiger partial charge is 0.0488 e. The van der Waals surface area contributed by atoms with E-state index in [4.69, 9.17) is 4.74 Å². The van der Waals surface area contributed by atoms with Crippen molar-refractivity contribution in [1.29, 1.82) is 0 Å². The molecule has 0 radical (unpaired) electrons. The van der Waals surface area contributed by atoms with E-state index in [-0.39, 0.29) is 0 Å². The fraction of sp³-hybridized carbons (Fsp3) is 0.867. The molecule has 2 heteroatoms. The van der Waals surface area contributed by atoms with Crippen molar-refractivity contribution < 1.29 is 4.74 Å². The van der Waals surface area contributed by atoms with Gasteiger partial charge in [-0.25, -0.2) is 0 Å². The second kappa shape index (κ2) is 8.71. The first kappa shape index (κ1) is 14.7. The number of methoxy groups -OCH3 is 1. The van der Waals surface area contributed by atoms with E-state index >= 15 is 0 Å². The summed E-state index contributed by atoms with van der Waals surface area (Å²) in [5, 5.41) is 3.70. The summed E-state index contributed by atoms with van der Waals surface area (Å²) in [5.74, 6) is 0.636. The Kier molecular flexibility index (Phi) is 7.54. The van der Waals surface area contributed by atoms with Gasteiger partial charge in [-0.15, -0.1) is 0 Å². The van der Waals surface area contributed by atoms with E-state index in [0.717, 1.165) is 13.2 Å². The van der Waals surface area contributed by atoms with Crippen molar-refractivity contribution in [2.24, 2.45) is 5.92 Å². The molecular weight excluding hydrogens is 210 g/mol. The summed E-state index contributed by atoms with van der Waals surface area (Å²) < 4.78 is 5.25. The minimum atomic E-state index is 0.584. The van der Waals surface area contributed by atoms with Crippen molar-refractivity contribution in [1.82, 2.24) is 5.32 Å². The van der Waals surface area contributed by atoms with E-state index in [2.05, 4.69) is 25.2 Å². The maximum Gasteiger partial charge on any atom is 0.0488 e. The van der Waals surface area contributed by atoms with Gasteiger partial charge in [0.1, 0.15) is 0 Å². The van der Waals surface area contributed by atoms with E-state index < -0.39 is 0 Å². The van der Waals surface area contributed by atoms with Crippen LogP contribution < -0.4 is 5.32 Å². The quantitative estimate of drug-likeness (QED) is 0.654. The number of rotatable bonds is 8. The van der Waals surface area contributed by atoms with E-state index in [9.17, 15) is 0 Å². The Bertz CT molecular complexity index is 225. The molecular formula is C15H29NO. The number of hydrogen-bond donors (Lipinski definition) is 1. The summed E-state index contributed by atoms with van der Waals surface area (Å²) in [7, 11) is 1.80. The third kappa shape index (κ3) is 5.69. The maximum atomic E-state index is 5.25. The second-order valence-corrected chi connectivity index (χ2v) is 5.33. The second-order valence-electron chi connectivity index (χ2n) is 5.33. The number of hydrogen-bond acceptors (Lipinski definition) is 2. The van der Waals surface area contributed by atoms with Crippen molar-refractivity contribution in [2.75, 3.05) is 20.3 Å². The summed E-state index contributed by atoms with van der Waals surface area (Å²) in [6, 6.07) is 0.584. The van der Waals surface area contributed by atoms with Gasteiger partial charge < -0.3 is 10.1 Å². The lowest BCUT2D eigenvalue weighted by Gasteiger charge is -2.27. The molecule has 1 rings (SSSR count). The lowest BCUT2D eigenvalue weighted by atomic mass is 9.89. The molecule has 1 aliphatic carbocycles. The lowest BCUT2D eigenvalue weighted by Crippen LogP contribution is -2.34. The Morgan fingerprint density at radius 1 is 1.41 bits per heavy atom. The topological polar surface area (TPSA) is 21.3 Å². The third-order valence-electron chi connectivity index (χ3n) is 3.50. The predicted octanol–water partition coefficient (Wildman–Crippen LogP) is 3.53. The Morgan fingerprint density at radius 2 is 2.24 bits per heavy atom. The monoisotopic (exact) mass is 239 g/mol. The number of allylic oxidation sites excluding steroid dienone is 1. The average molecular weight is 239 g/mol. The molecule has 0 fully saturated rings. The molecule has 0 aromatic carbocycles. The van der Waals surface area contributed by atoms with Gasteiger partial charge >= 0.3 is 0 Å². The molecule has 0 aromatic heterocycles. The predicted molar refractivity (Wildman–Crippen MR) is 74.3 cm³/mol. The molecule has 2 nitrogen and oxygen atoms in total. The van der Waals surface area contributed by atoms with Gasteiger partial charge in [-0.1, -0.05) is 25.5 Å². The molecule has 0 bridgehead atoms. The Labute approximate surface area is 107 Å². The zero-order valence-electron chi connectivity index (χ0n) is 11.8. The molecule has 0 aromatic rings. The highest BCUT2D eigenvalue weighted by Crippen LogP contribution is 2.24. The third-order valence-corrected chi connectivity index (χ3v) is 3.50. The van der Waals surface area contributed by atoms with E-state index in [0.29, 0.717) is 12.0 Å². The van der Waals surface area contributed by atoms with Crippen LogP contribution in [0.5, 0.6) is 0 Å². The normalized spacial score (nSPS) is 19.8. The molecule has 0 saturated heterocycles. The molecule has 17 heavy (non-hydrogen) atoms. The Morgan fingerprint density at radius 3 is 2.82 bits per heavy atom. The molecule has 0 saturated carbocycles. The van der Waals surface area contributed by atoms with Crippen LogP contribution in [0.15, 0.2) is 11.6 Å². The minimum absolute atomic E-state index is 0.584. The molecule has 0 heterocycles. The maximum absolute atomic E-state index is 5.25. The molecule has 0 spiro atoms. The van der Waals surface area contributed by atoms with Crippen molar-refractivity contribution >= 4 is 0 Å². The van der Waals surface area contributed by atoms with E-state index in [1.807, 2.05) is 0 Å². The molecule has 1 N–H and O–H groups in total. The Balaban J connectivity index is 2.49. The van der Waals surface area contributed by atoms with Crippen molar-refractivity contribution in [3.63, 3.8) is 0 Å². The highest BCUT2D eigenvalue weighted by molar-refractivity contribution is 5.13. The molecule has 0 aliphatic heterocycles. The number of ether oxygens (including phenoxy) is 1. The van der Waals surface area contributed by atoms with Crippen LogP contribution in [-0.4, -0.2) is 26.3 Å². The van der Waals surface area contributed by atoms with E-state index in [1.165, 1.54) is 38.5 Å². The van der Waals surface area contributed by atoms with Crippen LogP contribution in [-0.2, 0) is 4.74 Å². The Hall–Kier alpha value is -0.340. The van der Waals surface area contributed by atoms with E-state index in [1.54, 1.807) is 12.7 Å². The summed E-state index contributed by atoms with van der Waals surface area (Å²) >= 11 is 0. The zero-order chi connectivity index (χ0) is 12.5. The van der Waals surface area contributed by atoms with Gasteiger partial charge in [0.05, 0.1) is 0 Å². The fourth-order valence-corrected chi connectivity index (χ4v) is 2.62. The van der Waals surface area contributed by atoms with Crippen LogP contribution in [0.4, 0.5) is 0 Å². The zero-order valence-corrected chi connectivity index (χ0v) is 11.8. The van der Waals surface area contributed by atoms with Gasteiger partial charge in [0, 0.05) is 19.8 Å². The standard InChI is InChI=1S/C15H29NO/c1-4-10-16-15(11-13(2)12-17-3)14-8-6-5-7-9-14/h8,13,15-16H,4-7,9-12H2,1-3H3. The van der Waals surface area contributed by atoms with Gasteiger partial charge in [0.15, 0.2) is 0 Å². The van der Waals surface area contributed by atoms with Crippen LogP contribution >= 0.6 is 0 Å². The largest absolute Gasteiger partial charge is 0.384 e. The first-order chi connectivity index (χ1) is 8.27. The van der Waals surface area contributed by atoms with Crippen LogP contribution in [0.2, 0.25) is 0 Å². The highest BCUT2D eigenvalue weighted by atomic mass is 16.5. The minimum Gasteiger partial charge on any atom is -0.384 e. The van der Waals surface area contributed by atoms with Crippen molar-refractivity contribution in [3.8, 4) is 0 Å². The van der Waals surface area contributed by atoms with Crippen molar-refractivity contribution in [2.45, 2.75) is 58.4 Å². The van der Waals surface area contributed by atoms with Crippen LogP contribution in [0, 0.1) is 5.92 Å². The van der Waals surface area contributed by atoms with Gasteiger partial charge in [-0.05, 0) is 51.0 Å². The molecule has 2 atom stereocenters. The van der Waals surface area contributed by atoms with Gasteiger partial charge in [-0.2, -0.15) is 0 Å². The SMILES string of the molecule is CCCNC(CC(C)COC)C1=CCCCC1. The summed E-state index contributed by atoms with van der Waals surface area (Å²) in [6.45, 7) is 6.52. The molecule has 0 amide bonds. The fourth-order valence-electron chi connectivity index (χ4n) is 2.62. The van der Waals surface area contributed by atoms with Crippen LogP contribution in [0.3, 0.4) is 0 Å². The van der Waals surface area contributed by atoms with Gasteiger partial charge in [0.25, 0.3) is 0 Å². The molecule has 1 aliphatic rings. The summed E-state index contributed by atoms with van der Waals surface area (Å²) in [5.41, 5.74) is 1.65. The lowest BCUT2D eigenvalue weighted by molar-refractivity contribution is 0.151.